The Morgan fingerprint density at radius 3 is 2.41 bits per heavy atom. The normalized spacial score (nSPS) is 13.0. The Balaban J connectivity index is 1.49. The number of hydrogen-bond acceptors (Lipinski definition) is 4. The fraction of sp³-hybridized carbons (Fsp3) is 0.333. The minimum Gasteiger partial charge on any atom is -0.497 e. The molecule has 0 aromatic heterocycles. The second-order valence-corrected chi connectivity index (χ2v) is 6.62. The molecule has 0 atom stereocenters. The molecule has 0 bridgehead atoms. The van der Waals surface area contributed by atoms with E-state index in [1.807, 2.05) is 19.1 Å². The van der Waals surface area contributed by atoms with Crippen LogP contribution in [-0.2, 0) is 9.59 Å². The van der Waals surface area contributed by atoms with E-state index in [-0.39, 0.29) is 30.8 Å². The highest BCUT2D eigenvalue weighted by atomic mass is 16.5. The zero-order valence-electron chi connectivity index (χ0n) is 15.6. The molecular weight excluding hydrogens is 344 g/mol. The van der Waals surface area contributed by atoms with Crippen molar-refractivity contribution in [1.82, 2.24) is 0 Å². The third kappa shape index (κ3) is 5.48. The Morgan fingerprint density at radius 2 is 1.74 bits per heavy atom. The number of amides is 2. The number of rotatable bonds is 8. The van der Waals surface area contributed by atoms with Gasteiger partial charge in [0.15, 0.2) is 0 Å². The monoisotopic (exact) mass is 368 g/mol. The highest BCUT2D eigenvalue weighted by molar-refractivity contribution is 5.96. The molecule has 6 heteroatoms. The van der Waals surface area contributed by atoms with Gasteiger partial charge in [0, 0.05) is 17.3 Å². The predicted molar refractivity (Wildman–Crippen MR) is 104 cm³/mol. The Kier molecular flexibility index (Phi) is 5.96. The van der Waals surface area contributed by atoms with E-state index in [2.05, 4.69) is 10.6 Å². The van der Waals surface area contributed by atoms with Gasteiger partial charge in [0.25, 0.3) is 0 Å². The molecular formula is C21H24N2O4. The zero-order chi connectivity index (χ0) is 19.2. The van der Waals surface area contributed by atoms with Crippen molar-refractivity contribution in [2.75, 3.05) is 24.4 Å². The van der Waals surface area contributed by atoms with Crippen LogP contribution in [0.3, 0.4) is 0 Å². The van der Waals surface area contributed by atoms with Crippen molar-refractivity contribution >= 4 is 23.2 Å². The van der Waals surface area contributed by atoms with Crippen LogP contribution in [0.1, 0.15) is 24.8 Å². The third-order valence-corrected chi connectivity index (χ3v) is 4.38. The van der Waals surface area contributed by atoms with E-state index in [9.17, 15) is 9.59 Å². The molecule has 0 aliphatic heterocycles. The fourth-order valence-electron chi connectivity index (χ4n) is 2.57. The minimum absolute atomic E-state index is 0.0454. The maximum Gasteiger partial charge on any atom is 0.227 e. The van der Waals surface area contributed by atoms with Crippen LogP contribution < -0.4 is 20.1 Å². The largest absolute Gasteiger partial charge is 0.497 e. The van der Waals surface area contributed by atoms with Crippen LogP contribution in [0.25, 0.3) is 0 Å². The molecule has 1 aliphatic carbocycles. The molecule has 2 aromatic rings. The second kappa shape index (κ2) is 8.58. The molecule has 6 nitrogen and oxygen atoms in total. The van der Waals surface area contributed by atoms with Gasteiger partial charge in [0.2, 0.25) is 11.8 Å². The van der Waals surface area contributed by atoms with Gasteiger partial charge in [-0.05, 0) is 61.7 Å². The lowest BCUT2D eigenvalue weighted by Crippen LogP contribution is -2.17. The second-order valence-electron chi connectivity index (χ2n) is 6.62. The molecule has 2 N–H and O–H groups in total. The summed E-state index contributed by atoms with van der Waals surface area (Å²) in [5, 5.41) is 5.78. The van der Waals surface area contributed by atoms with Gasteiger partial charge in [-0.15, -0.1) is 0 Å². The van der Waals surface area contributed by atoms with Crippen LogP contribution in [0, 0.1) is 12.8 Å². The van der Waals surface area contributed by atoms with Gasteiger partial charge >= 0.3 is 0 Å². The molecule has 27 heavy (non-hydrogen) atoms. The number of methoxy groups -OCH3 is 1. The fourth-order valence-corrected chi connectivity index (χ4v) is 2.57. The average molecular weight is 368 g/mol. The van der Waals surface area contributed by atoms with Gasteiger partial charge in [0.1, 0.15) is 11.5 Å². The van der Waals surface area contributed by atoms with Crippen LogP contribution in [0.15, 0.2) is 42.5 Å². The van der Waals surface area contributed by atoms with Crippen molar-refractivity contribution in [3.05, 3.63) is 48.0 Å². The smallest absolute Gasteiger partial charge is 0.227 e. The Morgan fingerprint density at radius 1 is 1.04 bits per heavy atom. The molecule has 0 spiro atoms. The molecule has 1 fully saturated rings. The van der Waals surface area contributed by atoms with Gasteiger partial charge in [0.05, 0.1) is 20.1 Å². The molecule has 1 aliphatic rings. The summed E-state index contributed by atoms with van der Waals surface area (Å²) in [6.45, 7) is 2.19. The van der Waals surface area contributed by atoms with Crippen molar-refractivity contribution < 1.29 is 19.1 Å². The van der Waals surface area contributed by atoms with E-state index in [4.69, 9.17) is 9.47 Å². The van der Waals surface area contributed by atoms with E-state index < -0.39 is 0 Å². The van der Waals surface area contributed by atoms with Crippen molar-refractivity contribution in [3.8, 4) is 11.5 Å². The summed E-state index contributed by atoms with van der Waals surface area (Å²) in [7, 11) is 1.61. The lowest BCUT2D eigenvalue weighted by atomic mass is 10.1. The van der Waals surface area contributed by atoms with Crippen molar-refractivity contribution in [3.63, 3.8) is 0 Å². The molecule has 0 radical (unpaired) electrons. The maximum absolute atomic E-state index is 12.2. The summed E-state index contributed by atoms with van der Waals surface area (Å²) in [4.78, 5) is 24.1. The van der Waals surface area contributed by atoms with E-state index in [0.717, 1.165) is 24.2 Å². The van der Waals surface area contributed by atoms with Crippen LogP contribution >= 0.6 is 0 Å². The van der Waals surface area contributed by atoms with Crippen molar-refractivity contribution in [2.24, 2.45) is 5.92 Å². The van der Waals surface area contributed by atoms with Gasteiger partial charge in [-0.1, -0.05) is 6.07 Å². The zero-order valence-corrected chi connectivity index (χ0v) is 15.6. The number of carbonyl (C=O) groups is 2. The lowest BCUT2D eigenvalue weighted by Gasteiger charge is -2.12. The van der Waals surface area contributed by atoms with Crippen LogP contribution in [0.2, 0.25) is 0 Å². The molecule has 2 aromatic carbocycles. The number of aryl methyl sites for hydroxylation is 1. The predicted octanol–water partition coefficient (Wildman–Crippen LogP) is 3.76. The maximum atomic E-state index is 12.2. The van der Waals surface area contributed by atoms with Gasteiger partial charge in [-0.3, -0.25) is 9.59 Å². The summed E-state index contributed by atoms with van der Waals surface area (Å²) in [5.74, 6) is 1.48. The van der Waals surface area contributed by atoms with E-state index in [1.165, 1.54) is 0 Å². The first-order valence-corrected chi connectivity index (χ1v) is 9.03. The van der Waals surface area contributed by atoms with Gasteiger partial charge in [-0.2, -0.15) is 0 Å². The Hall–Kier alpha value is -3.02. The lowest BCUT2D eigenvalue weighted by molar-refractivity contribution is -0.117. The molecule has 3 rings (SSSR count). The molecule has 0 heterocycles. The van der Waals surface area contributed by atoms with Gasteiger partial charge in [-0.25, -0.2) is 0 Å². The Labute approximate surface area is 158 Å². The standard InChI is InChI=1S/C21H24N2O4/c1-14-3-6-16(22-21(25)15-4-5-15)13-19(14)23-20(24)11-12-27-18-9-7-17(26-2)8-10-18/h3,6-10,13,15H,4-5,11-12H2,1-2H3,(H,22,25)(H,23,24). The van der Waals surface area contributed by atoms with Crippen molar-refractivity contribution in [2.45, 2.75) is 26.2 Å². The number of ether oxygens (including phenoxy) is 2. The van der Waals surface area contributed by atoms with E-state index >= 15 is 0 Å². The Bertz CT molecular complexity index is 813. The number of hydrogen-bond donors (Lipinski definition) is 2. The van der Waals surface area contributed by atoms with Crippen LogP contribution in [0.5, 0.6) is 11.5 Å². The third-order valence-electron chi connectivity index (χ3n) is 4.38. The van der Waals surface area contributed by atoms with E-state index in [0.29, 0.717) is 17.1 Å². The highest BCUT2D eigenvalue weighted by Gasteiger charge is 2.29. The van der Waals surface area contributed by atoms with Crippen molar-refractivity contribution in [1.29, 1.82) is 0 Å². The number of benzene rings is 2. The summed E-state index contributed by atoms with van der Waals surface area (Å²) < 4.78 is 10.7. The molecule has 0 saturated heterocycles. The first-order valence-electron chi connectivity index (χ1n) is 9.03. The first-order chi connectivity index (χ1) is 13.0. The SMILES string of the molecule is COc1ccc(OCCC(=O)Nc2cc(NC(=O)C3CC3)ccc2C)cc1. The summed E-state index contributed by atoms with van der Waals surface area (Å²) in [6.07, 6.45) is 2.13. The average Bonchev–Trinajstić information content (AvgIpc) is 3.50. The topological polar surface area (TPSA) is 76.7 Å². The number of carbonyl (C=O) groups excluding carboxylic acids is 2. The first kappa shape index (κ1) is 18.8. The quantitative estimate of drug-likeness (QED) is 0.744. The summed E-state index contributed by atoms with van der Waals surface area (Å²) in [6, 6.07) is 12.7. The number of anilines is 2. The van der Waals surface area contributed by atoms with Crippen LogP contribution in [0.4, 0.5) is 11.4 Å². The molecule has 142 valence electrons. The van der Waals surface area contributed by atoms with Gasteiger partial charge < -0.3 is 20.1 Å². The highest BCUT2D eigenvalue weighted by Crippen LogP contribution is 2.30. The molecule has 2 amide bonds. The molecule has 1 saturated carbocycles. The molecule has 0 unspecified atom stereocenters. The van der Waals surface area contributed by atoms with E-state index in [1.54, 1.807) is 37.4 Å². The minimum atomic E-state index is -0.141. The van der Waals surface area contributed by atoms with Crippen LogP contribution in [-0.4, -0.2) is 25.5 Å². The summed E-state index contributed by atoms with van der Waals surface area (Å²) >= 11 is 0. The summed E-state index contributed by atoms with van der Waals surface area (Å²) in [5.41, 5.74) is 2.32. The number of nitrogens with one attached hydrogen (secondary N) is 2.